The molecule has 0 spiro atoms. The van der Waals surface area contributed by atoms with E-state index in [-0.39, 0.29) is 0 Å². The molecular formula is C17H15ClN2O. The monoisotopic (exact) mass is 298 g/mol. The van der Waals surface area contributed by atoms with Gasteiger partial charge in [0.25, 0.3) is 0 Å². The summed E-state index contributed by atoms with van der Waals surface area (Å²) in [6.07, 6.45) is 1.68. The van der Waals surface area contributed by atoms with Crippen LogP contribution in [-0.4, -0.2) is 5.16 Å². The molecule has 3 aromatic rings. The van der Waals surface area contributed by atoms with Crippen molar-refractivity contribution in [2.45, 2.75) is 12.8 Å². The lowest BCUT2D eigenvalue weighted by molar-refractivity contribution is 0.427. The molecule has 21 heavy (non-hydrogen) atoms. The molecule has 0 amide bonds. The van der Waals surface area contributed by atoms with Gasteiger partial charge in [-0.25, -0.2) is 0 Å². The number of nitrogens with two attached hydrogens (primary N) is 1. The van der Waals surface area contributed by atoms with Crippen molar-refractivity contribution < 1.29 is 4.52 Å². The molecule has 3 rings (SSSR count). The molecule has 0 unspecified atom stereocenters. The highest BCUT2D eigenvalue weighted by molar-refractivity contribution is 6.30. The van der Waals surface area contributed by atoms with Crippen LogP contribution in [0.3, 0.4) is 0 Å². The molecule has 2 aromatic carbocycles. The zero-order valence-corrected chi connectivity index (χ0v) is 12.2. The zero-order valence-electron chi connectivity index (χ0n) is 11.4. The highest BCUT2D eigenvalue weighted by Crippen LogP contribution is 2.31. The molecule has 2 N–H and O–H groups in total. The van der Waals surface area contributed by atoms with Crippen molar-refractivity contribution in [3.05, 3.63) is 70.9 Å². The number of hydrogen-bond acceptors (Lipinski definition) is 3. The molecule has 4 heteroatoms. The first-order valence-electron chi connectivity index (χ1n) is 6.78. The SMILES string of the molecule is Nc1onc(CCc2ccccc2)c1-c1ccc(Cl)cc1. The van der Waals surface area contributed by atoms with Crippen LogP contribution in [0.4, 0.5) is 5.88 Å². The van der Waals surface area contributed by atoms with Crippen LogP contribution in [-0.2, 0) is 12.8 Å². The van der Waals surface area contributed by atoms with Gasteiger partial charge in [-0.3, -0.25) is 0 Å². The Morgan fingerprint density at radius 3 is 2.38 bits per heavy atom. The molecule has 0 saturated heterocycles. The first-order chi connectivity index (χ1) is 10.2. The maximum Gasteiger partial charge on any atom is 0.230 e. The Labute approximate surface area is 128 Å². The number of aromatic nitrogens is 1. The summed E-state index contributed by atoms with van der Waals surface area (Å²) in [6.45, 7) is 0. The fraction of sp³-hybridized carbons (Fsp3) is 0.118. The minimum atomic E-state index is 0.348. The standard InChI is InChI=1S/C17H15ClN2O/c18-14-9-7-13(8-10-14)16-15(20-21-17(16)19)11-6-12-4-2-1-3-5-12/h1-5,7-10H,6,11,19H2. The van der Waals surface area contributed by atoms with Crippen molar-refractivity contribution in [3.8, 4) is 11.1 Å². The molecule has 3 nitrogen and oxygen atoms in total. The van der Waals surface area contributed by atoms with Gasteiger partial charge in [-0.2, -0.15) is 0 Å². The summed E-state index contributed by atoms with van der Waals surface area (Å²) in [5.41, 5.74) is 9.89. The Kier molecular flexibility index (Phi) is 3.93. The lowest BCUT2D eigenvalue weighted by atomic mass is 10.0. The first-order valence-corrected chi connectivity index (χ1v) is 7.16. The van der Waals surface area contributed by atoms with Crippen molar-refractivity contribution in [1.82, 2.24) is 5.16 Å². The summed E-state index contributed by atoms with van der Waals surface area (Å²) in [5.74, 6) is 0.348. The highest BCUT2D eigenvalue weighted by atomic mass is 35.5. The van der Waals surface area contributed by atoms with E-state index in [0.29, 0.717) is 10.9 Å². The van der Waals surface area contributed by atoms with Crippen LogP contribution in [0.2, 0.25) is 5.02 Å². The molecule has 0 bridgehead atoms. The Morgan fingerprint density at radius 1 is 0.952 bits per heavy atom. The predicted molar refractivity (Wildman–Crippen MR) is 85.2 cm³/mol. The van der Waals surface area contributed by atoms with Crippen molar-refractivity contribution in [2.75, 3.05) is 5.73 Å². The summed E-state index contributed by atoms with van der Waals surface area (Å²) < 4.78 is 5.16. The van der Waals surface area contributed by atoms with E-state index in [2.05, 4.69) is 17.3 Å². The summed E-state index contributed by atoms with van der Waals surface area (Å²) in [5, 5.41) is 4.79. The van der Waals surface area contributed by atoms with Gasteiger partial charge in [0.1, 0.15) is 0 Å². The van der Waals surface area contributed by atoms with Gasteiger partial charge in [-0.1, -0.05) is 59.2 Å². The lowest BCUT2D eigenvalue weighted by Crippen LogP contribution is -1.95. The first kappa shape index (κ1) is 13.7. The van der Waals surface area contributed by atoms with Gasteiger partial charge < -0.3 is 10.3 Å². The molecule has 106 valence electrons. The fourth-order valence-corrected chi connectivity index (χ4v) is 2.47. The number of nitrogen functional groups attached to an aromatic ring is 1. The van der Waals surface area contributed by atoms with Crippen LogP contribution in [0.5, 0.6) is 0 Å². The van der Waals surface area contributed by atoms with Crippen molar-refractivity contribution in [2.24, 2.45) is 0 Å². The van der Waals surface area contributed by atoms with E-state index in [9.17, 15) is 0 Å². The number of anilines is 1. The van der Waals surface area contributed by atoms with Crippen LogP contribution in [0.15, 0.2) is 59.1 Å². The molecule has 0 aliphatic carbocycles. The smallest absolute Gasteiger partial charge is 0.230 e. The Balaban J connectivity index is 1.85. The van der Waals surface area contributed by atoms with Crippen LogP contribution < -0.4 is 5.73 Å². The second-order valence-electron chi connectivity index (χ2n) is 4.86. The molecule has 0 saturated carbocycles. The topological polar surface area (TPSA) is 52.0 Å². The van der Waals surface area contributed by atoms with Crippen LogP contribution in [0.1, 0.15) is 11.3 Å². The van der Waals surface area contributed by atoms with Crippen molar-refractivity contribution in [3.63, 3.8) is 0 Å². The normalized spacial score (nSPS) is 10.7. The number of rotatable bonds is 4. The third-order valence-electron chi connectivity index (χ3n) is 3.42. The molecule has 0 radical (unpaired) electrons. The van der Waals surface area contributed by atoms with E-state index in [4.69, 9.17) is 21.9 Å². The number of benzene rings is 2. The van der Waals surface area contributed by atoms with E-state index in [0.717, 1.165) is 29.7 Å². The van der Waals surface area contributed by atoms with E-state index < -0.39 is 0 Å². The maximum absolute atomic E-state index is 5.92. The lowest BCUT2D eigenvalue weighted by Gasteiger charge is -2.03. The summed E-state index contributed by atoms with van der Waals surface area (Å²) in [7, 11) is 0. The summed E-state index contributed by atoms with van der Waals surface area (Å²) in [4.78, 5) is 0. The second-order valence-corrected chi connectivity index (χ2v) is 5.30. The zero-order chi connectivity index (χ0) is 14.7. The van der Waals surface area contributed by atoms with Crippen LogP contribution in [0.25, 0.3) is 11.1 Å². The van der Waals surface area contributed by atoms with Gasteiger partial charge >= 0.3 is 0 Å². The van der Waals surface area contributed by atoms with E-state index in [1.165, 1.54) is 5.56 Å². The third kappa shape index (κ3) is 3.09. The van der Waals surface area contributed by atoms with E-state index in [1.807, 2.05) is 42.5 Å². The van der Waals surface area contributed by atoms with Gasteiger partial charge in [0.05, 0.1) is 11.3 Å². The predicted octanol–water partition coefficient (Wildman–Crippen LogP) is 4.36. The van der Waals surface area contributed by atoms with E-state index in [1.54, 1.807) is 0 Å². The largest absolute Gasteiger partial charge is 0.367 e. The molecular weight excluding hydrogens is 284 g/mol. The average Bonchev–Trinajstić information content (AvgIpc) is 2.88. The van der Waals surface area contributed by atoms with Gasteiger partial charge in [0, 0.05) is 5.02 Å². The van der Waals surface area contributed by atoms with Crippen molar-refractivity contribution in [1.29, 1.82) is 0 Å². The Bertz CT molecular complexity index is 720. The van der Waals surface area contributed by atoms with E-state index >= 15 is 0 Å². The molecule has 1 aromatic heterocycles. The minimum Gasteiger partial charge on any atom is -0.367 e. The maximum atomic E-state index is 5.92. The van der Waals surface area contributed by atoms with Gasteiger partial charge in [0.2, 0.25) is 5.88 Å². The van der Waals surface area contributed by atoms with Crippen LogP contribution >= 0.6 is 11.6 Å². The highest BCUT2D eigenvalue weighted by Gasteiger charge is 2.15. The molecule has 1 heterocycles. The molecule has 0 aliphatic rings. The second kappa shape index (κ2) is 6.02. The number of aryl methyl sites for hydroxylation is 2. The van der Waals surface area contributed by atoms with Gasteiger partial charge in [0.15, 0.2) is 0 Å². The number of nitrogens with zero attached hydrogens (tertiary/aromatic N) is 1. The van der Waals surface area contributed by atoms with Gasteiger partial charge in [-0.05, 0) is 36.1 Å². The van der Waals surface area contributed by atoms with Crippen LogP contribution in [0, 0.1) is 0 Å². The molecule has 0 atom stereocenters. The molecule has 0 aliphatic heterocycles. The quantitative estimate of drug-likeness (QED) is 0.778. The number of hydrogen-bond donors (Lipinski definition) is 1. The number of halogens is 1. The minimum absolute atomic E-state index is 0.348. The summed E-state index contributed by atoms with van der Waals surface area (Å²) in [6, 6.07) is 17.8. The Hall–Kier alpha value is -2.26. The summed E-state index contributed by atoms with van der Waals surface area (Å²) >= 11 is 5.92. The fourth-order valence-electron chi connectivity index (χ4n) is 2.34. The Morgan fingerprint density at radius 2 is 1.67 bits per heavy atom. The average molecular weight is 299 g/mol. The third-order valence-corrected chi connectivity index (χ3v) is 3.67. The van der Waals surface area contributed by atoms with Gasteiger partial charge in [-0.15, -0.1) is 0 Å². The van der Waals surface area contributed by atoms with Crippen molar-refractivity contribution >= 4 is 17.5 Å². The molecule has 0 fully saturated rings.